The van der Waals surface area contributed by atoms with Crippen LogP contribution in [0.2, 0.25) is 0 Å². The molecular formula is C105H107F9N16O10. The van der Waals surface area contributed by atoms with Crippen molar-refractivity contribution in [3.8, 4) is 67.7 Å². The second kappa shape index (κ2) is 38.2. The summed E-state index contributed by atoms with van der Waals surface area (Å²) in [7, 11) is 5.66. The molecule has 140 heavy (non-hydrogen) atoms. The number of halogens is 9. The van der Waals surface area contributed by atoms with Crippen molar-refractivity contribution in [2.24, 2.45) is 0 Å². The number of anilines is 6. The van der Waals surface area contributed by atoms with Crippen LogP contribution >= 0.6 is 0 Å². The minimum atomic E-state index is -1.29. The van der Waals surface area contributed by atoms with E-state index >= 15 is 44.3 Å². The van der Waals surface area contributed by atoms with Gasteiger partial charge in [-0.3, -0.25) is 62.2 Å². The minimum Gasteiger partial charge on any atom is -0.507 e. The number of nitrogens with one attached hydrogen (secondary N) is 1. The Kier molecular flexibility index (Phi) is 26.8. The molecule has 35 heteroatoms. The summed E-state index contributed by atoms with van der Waals surface area (Å²) in [6.07, 6.45) is 9.15. The first-order valence-electron chi connectivity index (χ1n) is 46.1. The minimum absolute atomic E-state index is 0.0591. The summed E-state index contributed by atoms with van der Waals surface area (Å²) in [6, 6.07) is 15.5. The zero-order valence-electron chi connectivity index (χ0n) is 80.0. The van der Waals surface area contributed by atoms with Gasteiger partial charge in [0.15, 0.2) is 17.5 Å². The molecule has 0 aliphatic carbocycles. The zero-order chi connectivity index (χ0) is 101. The van der Waals surface area contributed by atoms with E-state index in [0.717, 1.165) is 71.8 Å². The molecule has 6 atom stereocenters. The molecule has 0 spiro atoms. The van der Waals surface area contributed by atoms with Gasteiger partial charge in [0, 0.05) is 112 Å². The molecule has 0 saturated carbocycles. The van der Waals surface area contributed by atoms with Crippen molar-refractivity contribution in [3.05, 3.63) is 265 Å². The van der Waals surface area contributed by atoms with Gasteiger partial charge in [0.1, 0.15) is 75.3 Å². The van der Waals surface area contributed by atoms with Crippen molar-refractivity contribution in [2.75, 3.05) is 116 Å². The number of pyridine rings is 6. The normalized spacial score (nSPS) is 17.7. The molecule has 6 aliphatic heterocycles. The fraction of sp³-hybridized carbons (Fsp3) is 0.333. The SMILES string of the molecule is C=CC(=O)N1CC(C)N2c3c(c(=O)n(-c4c(C)ccnc4C(C)C)c4c(F)c(-c5c(O)cccc5F)c(F)cc34)N(C)CC2C1.C=CC(=O)N1CC(C)N2c3c(c(=O)n(-c4c(C)ccnc4C(C)C)c4c(F)c(-c5c(O)cccc5F)c(F)cc34)N(CCCN(C)C)CC2C1.C=CC(=O)N1CC(C)N2c3c(c(=O)n(-c4c(C)ccnc4C(C)C)c4c(F)c(-c5c(O)cccc5F)c(F)cc34)NC(=O)C2C1. The van der Waals surface area contributed by atoms with E-state index in [2.05, 4.69) is 40.0 Å². The van der Waals surface area contributed by atoms with Gasteiger partial charge in [0.2, 0.25) is 23.6 Å². The molecule has 0 bridgehead atoms. The number of rotatable bonds is 16. The molecule has 6 aliphatic rings. The third kappa shape index (κ3) is 16.6. The molecule has 6 unspecified atom stereocenters. The predicted octanol–water partition coefficient (Wildman–Crippen LogP) is 16.8. The number of amides is 4. The number of carbonyl (C=O) groups is 4. The number of carbonyl (C=O) groups excluding carboxylic acids is 4. The molecule has 6 aromatic carbocycles. The molecule has 3 fully saturated rings. The fourth-order valence-electron chi connectivity index (χ4n) is 21.1. The number of nitrogens with zero attached hydrogens (tertiary/aromatic N) is 15. The van der Waals surface area contributed by atoms with Crippen LogP contribution in [0.1, 0.15) is 120 Å². The maximum atomic E-state index is 17.5. The maximum Gasteiger partial charge on any atom is 0.281 e. The number of hydrogen-bond acceptors (Lipinski definition) is 19. The van der Waals surface area contributed by atoms with E-state index in [1.165, 1.54) is 44.4 Å². The summed E-state index contributed by atoms with van der Waals surface area (Å²) in [5, 5.41) is 34.6. The molecule has 3 saturated heterocycles. The van der Waals surface area contributed by atoms with Crippen LogP contribution in [0, 0.1) is 73.1 Å². The Morgan fingerprint density at radius 2 is 0.779 bits per heavy atom. The van der Waals surface area contributed by atoms with Gasteiger partial charge in [0.25, 0.3) is 16.7 Å². The average molecular weight is 1920 g/mol. The Morgan fingerprint density at radius 1 is 0.436 bits per heavy atom. The molecule has 0 radical (unpaired) electrons. The summed E-state index contributed by atoms with van der Waals surface area (Å²) in [5.74, 6) is -14.1. The molecule has 4 N–H and O–H groups in total. The van der Waals surface area contributed by atoms with Crippen LogP contribution in [0.4, 0.5) is 73.6 Å². The molecule has 6 aromatic heterocycles. The molecule has 12 aromatic rings. The first-order chi connectivity index (χ1) is 66.5. The van der Waals surface area contributed by atoms with Crippen LogP contribution in [0.15, 0.2) is 162 Å². The van der Waals surface area contributed by atoms with Gasteiger partial charge in [-0.25, -0.2) is 39.5 Å². The van der Waals surface area contributed by atoms with Gasteiger partial charge >= 0.3 is 0 Å². The highest BCUT2D eigenvalue weighted by Crippen LogP contribution is 2.52. The van der Waals surface area contributed by atoms with Crippen molar-refractivity contribution in [1.82, 2.24) is 48.3 Å². The number of phenols is 3. The highest BCUT2D eigenvalue weighted by atomic mass is 19.2. The lowest BCUT2D eigenvalue weighted by Crippen LogP contribution is -2.65. The van der Waals surface area contributed by atoms with E-state index in [4.69, 9.17) is 0 Å². The van der Waals surface area contributed by atoms with Crippen molar-refractivity contribution in [3.63, 3.8) is 0 Å². The number of benzene rings is 6. The lowest BCUT2D eigenvalue weighted by molar-refractivity contribution is -0.129. The molecule has 4 amide bonds. The topological polar surface area (TPSA) is 275 Å². The quantitative estimate of drug-likeness (QED) is 0.0517. The summed E-state index contributed by atoms with van der Waals surface area (Å²) < 4.78 is 150. The van der Waals surface area contributed by atoms with E-state index in [0.29, 0.717) is 114 Å². The van der Waals surface area contributed by atoms with Crippen molar-refractivity contribution in [2.45, 2.75) is 144 Å². The predicted molar refractivity (Wildman–Crippen MR) is 524 cm³/mol. The number of phenolic OH excluding ortho intramolecular Hbond substituents is 3. The van der Waals surface area contributed by atoms with Crippen molar-refractivity contribution in [1.29, 1.82) is 0 Å². The third-order valence-corrected chi connectivity index (χ3v) is 27.1. The molecule has 18 rings (SSSR count). The van der Waals surface area contributed by atoms with Crippen LogP contribution in [0.3, 0.4) is 0 Å². The van der Waals surface area contributed by atoms with Crippen molar-refractivity contribution >= 4 is 90.5 Å². The van der Waals surface area contributed by atoms with Gasteiger partial charge in [-0.05, 0) is 194 Å². The second-order valence-corrected chi connectivity index (χ2v) is 37.7. The van der Waals surface area contributed by atoms with E-state index in [1.807, 2.05) is 89.1 Å². The fourth-order valence-corrected chi connectivity index (χ4v) is 21.1. The highest BCUT2D eigenvalue weighted by Gasteiger charge is 2.49. The summed E-state index contributed by atoms with van der Waals surface area (Å²) in [4.78, 5) is 126. The Balaban J connectivity index is 0.000000152. The third-order valence-electron chi connectivity index (χ3n) is 27.1. The van der Waals surface area contributed by atoms with E-state index in [9.17, 15) is 44.1 Å². The largest absolute Gasteiger partial charge is 0.507 e. The van der Waals surface area contributed by atoms with Crippen LogP contribution in [0.25, 0.3) is 83.2 Å². The first kappa shape index (κ1) is 98.3. The lowest BCUT2D eigenvalue weighted by Gasteiger charge is -2.52. The molecule has 730 valence electrons. The molecule has 26 nitrogen and oxygen atoms in total. The van der Waals surface area contributed by atoms with Crippen molar-refractivity contribution < 1.29 is 74.0 Å². The van der Waals surface area contributed by atoms with Gasteiger partial charge in [0.05, 0.1) is 120 Å². The number of fused-ring (bicyclic) bond motifs is 15. The summed E-state index contributed by atoms with van der Waals surface area (Å²) >= 11 is 0. The Bertz CT molecular complexity index is 7330. The van der Waals surface area contributed by atoms with Gasteiger partial charge in [-0.15, -0.1) is 0 Å². The number of piperazine rings is 3. The average Bonchev–Trinajstić information content (AvgIpc) is 0.702. The van der Waals surface area contributed by atoms with Gasteiger partial charge < -0.3 is 64.7 Å². The van der Waals surface area contributed by atoms with E-state index < -0.39 is 138 Å². The number of likely N-dealkylation sites (N-methyl/N-ethyl adjacent to an activating group) is 1. The van der Waals surface area contributed by atoms with Gasteiger partial charge in [-0.1, -0.05) is 79.5 Å². The number of hydrogen-bond donors (Lipinski definition) is 4. The lowest BCUT2D eigenvalue weighted by atomic mass is 9.94. The molecular weight excluding hydrogens is 1820 g/mol. The highest BCUT2D eigenvalue weighted by molar-refractivity contribution is 6.13. The summed E-state index contributed by atoms with van der Waals surface area (Å²) in [5.41, 5.74) is -1.84. The van der Waals surface area contributed by atoms with Crippen LogP contribution in [-0.4, -0.2) is 210 Å². The Labute approximate surface area is 801 Å². The Hall–Kier alpha value is -14.8. The first-order valence-corrected chi connectivity index (χ1v) is 46.1. The number of aromatic nitrogens is 6. The smallest absolute Gasteiger partial charge is 0.281 e. The Morgan fingerprint density at radius 3 is 1.14 bits per heavy atom. The van der Waals surface area contributed by atoms with E-state index in [-0.39, 0.29) is 128 Å². The standard InChI is InChI=1S/C38H43F3N6O3.C34H34F3N5O3.C33H30F3N5O4/c1-8-29(49)45-18-23(5)46-24(20-45)19-44(16-10-15-43(6)7)37-36(46)25-17-27(40)31(30-26(39)11-9-12-28(30)48)32(41)35(25)47(38(37)50)34-22(4)13-14-42-33(34)21(2)3;1-7-25(44)40-14-19(5)41-20(16-40)15-39(6)33-32(41)21-13-23(36)27(26-22(35)9-8-10-24(26)43)28(37)31(21)42(34(33)45)30-18(4)11-12-38-29(30)17(2)3;1-6-23(43)39-13-17(5)40-21(14-39)32(44)38-28-31(40)18-12-20(35)25(24-19(34)8-7-9-22(24)42)26(36)30(18)41(33(28)45)29-16(4)10-11-37-27(29)15(2)3/h8-9,11-14,17,21,23-24,48H,1,10,15-16,18-20H2,2-7H3;7-13,17,19-20,43H,1,14-16H2,2-6H3;6-12,15,17,21,42H,1,13-14H2,2-5H3,(H,38,44). The second-order valence-electron chi connectivity index (χ2n) is 37.7. The van der Waals surface area contributed by atoms with Gasteiger partial charge in [-0.2, -0.15) is 0 Å². The van der Waals surface area contributed by atoms with Crippen LogP contribution in [-0.2, 0) is 19.2 Å². The number of aromatic hydroxyl groups is 3. The van der Waals surface area contributed by atoms with E-state index in [1.54, 1.807) is 91.1 Å². The van der Waals surface area contributed by atoms with Crippen LogP contribution in [0.5, 0.6) is 17.2 Å². The van der Waals surface area contributed by atoms with Crippen LogP contribution < -0.4 is 46.5 Å². The number of aryl methyl sites for hydroxylation is 3. The monoisotopic (exact) mass is 1920 g/mol. The molecule has 12 heterocycles. The zero-order valence-corrected chi connectivity index (χ0v) is 80.0. The summed E-state index contributed by atoms with van der Waals surface area (Å²) in [6.45, 7) is 36.2. The maximum absolute atomic E-state index is 17.5.